The largest absolute Gasteiger partial charge is 0.508 e. The zero-order valence-electron chi connectivity index (χ0n) is 8.80. The summed E-state index contributed by atoms with van der Waals surface area (Å²) in [5, 5.41) is 9.09. The molecule has 0 atom stereocenters. The maximum atomic E-state index is 12.8. The highest BCUT2D eigenvalue weighted by Gasteiger charge is 2.04. The van der Waals surface area contributed by atoms with Crippen LogP contribution in [0, 0.1) is 5.82 Å². The Labute approximate surface area is 96.7 Å². The number of nitrogen functional groups attached to an aromatic ring is 1. The van der Waals surface area contributed by atoms with Crippen LogP contribution in [0.5, 0.6) is 11.8 Å². The van der Waals surface area contributed by atoms with Crippen LogP contribution >= 0.6 is 0 Å². The summed E-state index contributed by atoms with van der Waals surface area (Å²) in [5.41, 5.74) is 6.10. The van der Waals surface area contributed by atoms with Gasteiger partial charge in [-0.1, -0.05) is 12.1 Å². The number of halogens is 1. The van der Waals surface area contributed by atoms with E-state index in [0.29, 0.717) is 0 Å². The predicted octanol–water partition coefficient (Wildman–Crippen LogP) is 1.48. The van der Waals surface area contributed by atoms with Gasteiger partial charge in [-0.05, 0) is 17.7 Å². The lowest BCUT2D eigenvalue weighted by atomic mass is 10.2. The van der Waals surface area contributed by atoms with E-state index in [4.69, 9.17) is 15.6 Å². The normalized spacial score (nSPS) is 10.2. The molecule has 2 aromatic rings. The van der Waals surface area contributed by atoms with E-state index in [2.05, 4.69) is 9.97 Å². The summed E-state index contributed by atoms with van der Waals surface area (Å²) >= 11 is 0. The van der Waals surface area contributed by atoms with Gasteiger partial charge in [0.15, 0.2) is 11.6 Å². The summed E-state index contributed by atoms with van der Waals surface area (Å²) in [6, 6.07) is 6.48. The van der Waals surface area contributed by atoms with Crippen molar-refractivity contribution in [2.75, 3.05) is 5.73 Å². The zero-order chi connectivity index (χ0) is 12.3. The van der Waals surface area contributed by atoms with Crippen molar-refractivity contribution in [1.29, 1.82) is 0 Å². The fourth-order valence-electron chi connectivity index (χ4n) is 1.17. The van der Waals surface area contributed by atoms with Crippen LogP contribution < -0.4 is 10.5 Å². The molecule has 0 aliphatic heterocycles. The molecule has 1 aromatic heterocycles. The van der Waals surface area contributed by atoms with E-state index in [1.165, 1.54) is 0 Å². The molecule has 0 unspecified atom stereocenters. The van der Waals surface area contributed by atoms with E-state index in [1.54, 1.807) is 24.3 Å². The van der Waals surface area contributed by atoms with Crippen LogP contribution in [0.25, 0.3) is 0 Å². The number of rotatable bonds is 3. The molecule has 0 aliphatic carbocycles. The van der Waals surface area contributed by atoms with Crippen LogP contribution in [0.2, 0.25) is 0 Å². The minimum absolute atomic E-state index is 0.0111. The number of nitrogens with two attached hydrogens (primary N) is 1. The van der Waals surface area contributed by atoms with Crippen molar-refractivity contribution < 1.29 is 14.2 Å². The fourth-order valence-corrected chi connectivity index (χ4v) is 1.17. The highest BCUT2D eigenvalue weighted by Crippen LogP contribution is 2.13. The molecule has 0 radical (unpaired) electrons. The molecule has 3 N–H and O–H groups in total. The minimum atomic E-state index is -0.679. The maximum Gasteiger partial charge on any atom is 0.318 e. The summed E-state index contributed by atoms with van der Waals surface area (Å²) in [6.07, 6.45) is 0.953. The Morgan fingerprint density at radius 1 is 1.29 bits per heavy atom. The number of anilines is 1. The van der Waals surface area contributed by atoms with E-state index in [1.807, 2.05) is 0 Å². The van der Waals surface area contributed by atoms with E-state index in [0.717, 1.165) is 11.8 Å². The first-order valence-electron chi connectivity index (χ1n) is 4.84. The number of ether oxygens (including phenoxy) is 1. The minimum Gasteiger partial charge on any atom is -0.508 e. The Bertz CT molecular complexity index is 517. The quantitative estimate of drug-likeness (QED) is 0.842. The molecule has 88 valence electrons. The Hall–Kier alpha value is -2.37. The van der Waals surface area contributed by atoms with Gasteiger partial charge in [0.1, 0.15) is 12.4 Å². The van der Waals surface area contributed by atoms with Crippen molar-refractivity contribution >= 4 is 5.82 Å². The van der Waals surface area contributed by atoms with E-state index >= 15 is 0 Å². The predicted molar refractivity (Wildman–Crippen MR) is 58.8 cm³/mol. The zero-order valence-corrected chi connectivity index (χ0v) is 8.80. The molecule has 0 bridgehead atoms. The highest BCUT2D eigenvalue weighted by atomic mass is 19.1. The molecule has 0 spiro atoms. The van der Waals surface area contributed by atoms with Crippen molar-refractivity contribution in [2.24, 2.45) is 0 Å². The molecule has 2 rings (SSSR count). The van der Waals surface area contributed by atoms with Gasteiger partial charge in [-0.25, -0.2) is 9.37 Å². The van der Waals surface area contributed by atoms with Gasteiger partial charge >= 0.3 is 6.01 Å². The van der Waals surface area contributed by atoms with Crippen molar-refractivity contribution in [2.45, 2.75) is 6.61 Å². The number of phenols is 1. The third-order valence-electron chi connectivity index (χ3n) is 2.05. The average molecular weight is 235 g/mol. The molecular weight excluding hydrogens is 225 g/mol. The molecule has 6 heteroatoms. The van der Waals surface area contributed by atoms with Crippen LogP contribution in [-0.2, 0) is 6.61 Å². The number of nitrogens with zero attached hydrogens (tertiary/aromatic N) is 2. The Morgan fingerprint density at radius 2 is 2.00 bits per heavy atom. The molecule has 1 heterocycles. The van der Waals surface area contributed by atoms with Crippen LogP contribution in [0.1, 0.15) is 5.56 Å². The first-order chi connectivity index (χ1) is 8.15. The molecular formula is C11H10FN3O2. The first-order valence-corrected chi connectivity index (χ1v) is 4.84. The summed E-state index contributed by atoms with van der Waals surface area (Å²) in [6.45, 7) is 0.214. The van der Waals surface area contributed by atoms with Crippen LogP contribution in [-0.4, -0.2) is 15.1 Å². The molecule has 0 fully saturated rings. The van der Waals surface area contributed by atoms with Crippen molar-refractivity contribution in [1.82, 2.24) is 9.97 Å². The number of hydrogen-bond donors (Lipinski definition) is 2. The van der Waals surface area contributed by atoms with Gasteiger partial charge in [0.05, 0.1) is 6.20 Å². The third-order valence-corrected chi connectivity index (χ3v) is 2.05. The number of hydrogen-bond acceptors (Lipinski definition) is 5. The molecule has 0 amide bonds. The van der Waals surface area contributed by atoms with E-state index < -0.39 is 5.82 Å². The number of phenolic OH excluding ortho intramolecular Hbond substituents is 1. The summed E-state index contributed by atoms with van der Waals surface area (Å²) in [4.78, 5) is 7.26. The van der Waals surface area contributed by atoms with Gasteiger partial charge in [-0.15, -0.1) is 0 Å². The molecule has 5 nitrogen and oxygen atoms in total. The Kier molecular flexibility index (Phi) is 3.04. The van der Waals surface area contributed by atoms with Gasteiger partial charge in [0.25, 0.3) is 0 Å². The van der Waals surface area contributed by atoms with Crippen molar-refractivity contribution in [3.8, 4) is 11.8 Å². The number of aromatic nitrogens is 2. The van der Waals surface area contributed by atoms with Gasteiger partial charge in [0, 0.05) is 0 Å². The van der Waals surface area contributed by atoms with Crippen LogP contribution in [0.4, 0.5) is 10.2 Å². The first kappa shape index (κ1) is 11.1. The molecule has 1 aromatic carbocycles. The smallest absolute Gasteiger partial charge is 0.318 e. The molecule has 0 saturated carbocycles. The Morgan fingerprint density at radius 3 is 2.65 bits per heavy atom. The lowest BCUT2D eigenvalue weighted by Gasteiger charge is -2.05. The van der Waals surface area contributed by atoms with Gasteiger partial charge in [-0.3, -0.25) is 0 Å². The molecule has 0 aliphatic rings. The second-order valence-corrected chi connectivity index (χ2v) is 3.34. The van der Waals surface area contributed by atoms with Crippen molar-refractivity contribution in [3.05, 3.63) is 41.8 Å². The standard InChI is InChI=1S/C11H10FN3O2/c12-9-5-14-11(15-10(9)13)17-6-7-1-3-8(16)4-2-7/h1-5,16H,6H2,(H2,13,14,15). The average Bonchev–Trinajstić information content (AvgIpc) is 2.33. The molecule has 0 saturated heterocycles. The monoisotopic (exact) mass is 235 g/mol. The summed E-state index contributed by atoms with van der Waals surface area (Å²) in [7, 11) is 0. The van der Waals surface area contributed by atoms with Gasteiger partial charge < -0.3 is 15.6 Å². The SMILES string of the molecule is Nc1nc(OCc2ccc(O)cc2)ncc1F. The lowest BCUT2D eigenvalue weighted by molar-refractivity contribution is 0.280. The van der Waals surface area contributed by atoms with E-state index in [9.17, 15) is 4.39 Å². The van der Waals surface area contributed by atoms with Gasteiger partial charge in [0.2, 0.25) is 0 Å². The van der Waals surface area contributed by atoms with Crippen LogP contribution in [0.3, 0.4) is 0 Å². The molecule has 17 heavy (non-hydrogen) atoms. The van der Waals surface area contributed by atoms with Crippen molar-refractivity contribution in [3.63, 3.8) is 0 Å². The highest BCUT2D eigenvalue weighted by molar-refractivity contribution is 5.29. The summed E-state index contributed by atoms with van der Waals surface area (Å²) in [5.74, 6) is -0.751. The number of benzene rings is 1. The number of aromatic hydroxyl groups is 1. The third kappa shape index (κ3) is 2.81. The fraction of sp³-hybridized carbons (Fsp3) is 0.0909. The lowest BCUT2D eigenvalue weighted by Crippen LogP contribution is -2.03. The topological polar surface area (TPSA) is 81.3 Å². The summed E-state index contributed by atoms with van der Waals surface area (Å²) < 4.78 is 18.0. The van der Waals surface area contributed by atoms with E-state index in [-0.39, 0.29) is 24.2 Å². The maximum absolute atomic E-state index is 12.8. The second kappa shape index (κ2) is 4.65. The van der Waals surface area contributed by atoms with Gasteiger partial charge in [-0.2, -0.15) is 4.98 Å². The second-order valence-electron chi connectivity index (χ2n) is 3.34. The Balaban J connectivity index is 2.02. The van der Waals surface area contributed by atoms with Crippen LogP contribution in [0.15, 0.2) is 30.5 Å².